The van der Waals surface area contributed by atoms with Gasteiger partial charge in [0.05, 0.1) is 4.90 Å². The van der Waals surface area contributed by atoms with Crippen molar-refractivity contribution in [2.75, 3.05) is 5.75 Å². The summed E-state index contributed by atoms with van der Waals surface area (Å²) >= 11 is 5.78. The van der Waals surface area contributed by atoms with Crippen molar-refractivity contribution in [3.63, 3.8) is 0 Å². The van der Waals surface area contributed by atoms with Crippen molar-refractivity contribution in [2.45, 2.75) is 23.5 Å². The number of aliphatic carboxylic acids is 1. The van der Waals surface area contributed by atoms with Crippen LogP contribution in [-0.2, 0) is 30.1 Å². The molecule has 2 atom stereocenters. The van der Waals surface area contributed by atoms with E-state index in [9.17, 15) is 28.0 Å². The molecule has 1 aliphatic rings. The summed E-state index contributed by atoms with van der Waals surface area (Å²) in [6.45, 7) is -3.16. The maximum atomic E-state index is 12.5. The number of rotatable bonds is 3. The molecular formula is C11H9ClF2O5S2. The number of halogens is 3. The highest BCUT2D eigenvalue weighted by Gasteiger charge is 2.45. The molecule has 0 aromatic heterocycles. The highest BCUT2D eigenvalue weighted by atomic mass is 35.5. The zero-order chi connectivity index (χ0) is 15.8. The van der Waals surface area contributed by atoms with Gasteiger partial charge in [-0.05, 0) is 6.07 Å². The fourth-order valence-corrected chi connectivity index (χ4v) is 5.07. The number of fused-ring (bicyclic) bond motifs is 1. The molecule has 2 unspecified atom stereocenters. The monoisotopic (exact) mass is 358 g/mol. The lowest BCUT2D eigenvalue weighted by molar-refractivity contribution is -0.160. The third-order valence-electron chi connectivity index (χ3n) is 2.99. The van der Waals surface area contributed by atoms with E-state index in [0.29, 0.717) is 0 Å². The molecule has 5 nitrogen and oxygen atoms in total. The first-order valence-corrected chi connectivity index (χ1v) is 8.58. The molecule has 0 bridgehead atoms. The molecule has 0 saturated heterocycles. The first kappa shape index (κ1) is 16.3. The van der Waals surface area contributed by atoms with E-state index in [2.05, 4.69) is 4.74 Å². The molecule has 0 radical (unpaired) electrons. The number of hydrogen-bond donors (Lipinski definition) is 2. The van der Waals surface area contributed by atoms with Crippen LogP contribution >= 0.6 is 11.6 Å². The van der Waals surface area contributed by atoms with Crippen LogP contribution in [-0.4, -0.2) is 32.8 Å². The average molecular weight is 359 g/mol. The lowest BCUT2D eigenvalue weighted by Gasteiger charge is -2.32. The molecule has 0 fully saturated rings. The van der Waals surface area contributed by atoms with Gasteiger partial charge in [0.25, 0.3) is 0 Å². The van der Waals surface area contributed by atoms with Gasteiger partial charge in [-0.1, -0.05) is 21.1 Å². The third kappa shape index (κ3) is 2.96. The summed E-state index contributed by atoms with van der Waals surface area (Å²) in [6.07, 6.45) is -0.206. The van der Waals surface area contributed by atoms with Crippen LogP contribution in [0.4, 0.5) is 8.78 Å². The third-order valence-corrected chi connectivity index (χ3v) is 6.32. The van der Waals surface area contributed by atoms with E-state index < -0.39 is 27.6 Å². The van der Waals surface area contributed by atoms with Crippen LogP contribution < -0.4 is 4.74 Å². The van der Waals surface area contributed by atoms with Crippen LogP contribution in [0.5, 0.6) is 5.75 Å². The summed E-state index contributed by atoms with van der Waals surface area (Å²) in [6, 6.07) is 2.25. The second kappa shape index (κ2) is 5.99. The van der Waals surface area contributed by atoms with Crippen LogP contribution in [0.2, 0.25) is 5.02 Å². The normalized spacial score (nSPS) is 24.5. The Balaban J connectivity index is 2.77. The standard InChI is InChI=1S/C11H9ClF2O5S2/c12-5-3-6-8(7(4-5)19-10(13)14)21(20-18)2-1-11(6,17)9(15)16/h3-4,10,17H,1-2H2,(H,15,16). The van der Waals surface area contributed by atoms with Gasteiger partial charge in [-0.2, -0.15) is 8.78 Å². The second-order valence-electron chi connectivity index (χ2n) is 4.19. The Bertz CT molecular complexity index is 662. The Hall–Kier alpha value is -1.03. The van der Waals surface area contributed by atoms with Crippen LogP contribution in [0.3, 0.4) is 0 Å². The largest absolute Gasteiger partial charge is 0.479 e. The zero-order valence-corrected chi connectivity index (χ0v) is 12.6. The molecule has 0 saturated carbocycles. The van der Waals surface area contributed by atoms with Crippen LogP contribution in [0.15, 0.2) is 17.0 Å². The predicted octanol–water partition coefficient (Wildman–Crippen LogP) is 1.72. The van der Waals surface area contributed by atoms with Crippen molar-refractivity contribution in [2.24, 2.45) is 0 Å². The van der Waals surface area contributed by atoms with Gasteiger partial charge in [0.15, 0.2) is 5.60 Å². The maximum Gasteiger partial charge on any atom is 0.387 e. The van der Waals surface area contributed by atoms with Crippen molar-refractivity contribution in [1.82, 2.24) is 0 Å². The van der Waals surface area contributed by atoms with E-state index in [1.807, 2.05) is 0 Å². The van der Waals surface area contributed by atoms with E-state index >= 15 is 0 Å². The first-order chi connectivity index (χ1) is 9.79. The molecule has 2 N–H and O–H groups in total. The molecule has 21 heavy (non-hydrogen) atoms. The van der Waals surface area contributed by atoms with Crippen molar-refractivity contribution >= 4 is 37.3 Å². The minimum atomic E-state index is -3.16. The zero-order valence-electron chi connectivity index (χ0n) is 10.2. The summed E-state index contributed by atoms with van der Waals surface area (Å²) in [4.78, 5) is 11.3. The van der Waals surface area contributed by atoms with Gasteiger partial charge in [-0.3, -0.25) is 0 Å². The van der Waals surface area contributed by atoms with Gasteiger partial charge < -0.3 is 14.9 Å². The molecule has 1 aromatic rings. The number of ether oxygens (including phenoxy) is 1. The van der Waals surface area contributed by atoms with Crippen LogP contribution in [0, 0.1) is 0 Å². The van der Waals surface area contributed by atoms with Gasteiger partial charge in [-0.15, -0.1) is 0 Å². The highest BCUT2D eigenvalue weighted by molar-refractivity contribution is 8.31. The molecule has 10 heteroatoms. The molecule has 0 amide bonds. The molecular weight excluding hydrogens is 350 g/mol. The SMILES string of the molecule is O=S=S1CCC(O)(C(=O)O)c2cc(Cl)cc(OC(F)F)c21. The summed E-state index contributed by atoms with van der Waals surface area (Å²) in [5.74, 6) is -1.86. The van der Waals surface area contributed by atoms with Crippen LogP contribution in [0.1, 0.15) is 12.0 Å². The Morgan fingerprint density at radius 1 is 1.52 bits per heavy atom. The van der Waals surface area contributed by atoms with Gasteiger partial charge in [0.1, 0.15) is 16.0 Å². The molecule has 0 aliphatic carbocycles. The number of carboxylic acids is 1. The average Bonchev–Trinajstić information content (AvgIpc) is 2.39. The van der Waals surface area contributed by atoms with E-state index in [1.165, 1.54) is 6.07 Å². The van der Waals surface area contributed by atoms with E-state index in [0.717, 1.165) is 6.07 Å². The smallest absolute Gasteiger partial charge is 0.387 e. The molecule has 1 aliphatic heterocycles. The van der Waals surface area contributed by atoms with Crippen molar-refractivity contribution in [1.29, 1.82) is 0 Å². The Labute approximate surface area is 128 Å². The predicted molar refractivity (Wildman–Crippen MR) is 72.9 cm³/mol. The van der Waals surface area contributed by atoms with Crippen molar-refractivity contribution < 1.29 is 32.7 Å². The number of benzene rings is 1. The van der Waals surface area contributed by atoms with Crippen molar-refractivity contribution in [3.8, 4) is 5.75 Å². The molecule has 116 valence electrons. The van der Waals surface area contributed by atoms with Crippen LogP contribution in [0.25, 0.3) is 0 Å². The molecule has 2 rings (SSSR count). The molecule has 1 aromatic carbocycles. The summed E-state index contributed by atoms with van der Waals surface area (Å²) in [5.41, 5.74) is -2.45. The lowest BCUT2D eigenvalue weighted by Crippen LogP contribution is -2.41. The number of hydrogen-bond acceptors (Lipinski definition) is 4. The second-order valence-corrected chi connectivity index (χ2v) is 7.89. The highest BCUT2D eigenvalue weighted by Crippen LogP contribution is 2.42. The fourth-order valence-electron chi connectivity index (χ4n) is 2.06. The molecule has 1 heterocycles. The van der Waals surface area contributed by atoms with Gasteiger partial charge in [-0.25, -0.2) is 9.00 Å². The summed E-state index contributed by atoms with van der Waals surface area (Å²) in [5, 5.41) is 19.4. The Kier molecular flexibility index (Phi) is 4.66. The van der Waals surface area contributed by atoms with E-state index in [-0.39, 0.29) is 43.6 Å². The Morgan fingerprint density at radius 3 is 2.71 bits per heavy atom. The minimum absolute atomic E-state index is 0.0177. The number of carboxylic acid groups (broad SMARTS) is 1. The van der Waals surface area contributed by atoms with E-state index in [4.69, 9.17) is 11.6 Å². The number of alkyl halides is 2. The number of aliphatic hydroxyl groups is 1. The molecule has 0 spiro atoms. The van der Waals surface area contributed by atoms with Gasteiger partial charge in [0, 0.05) is 28.8 Å². The number of carbonyl (C=O) groups is 1. The van der Waals surface area contributed by atoms with Gasteiger partial charge >= 0.3 is 12.6 Å². The first-order valence-electron chi connectivity index (χ1n) is 5.55. The Morgan fingerprint density at radius 2 is 2.19 bits per heavy atom. The minimum Gasteiger partial charge on any atom is -0.479 e. The fraction of sp³-hybridized carbons (Fsp3) is 0.364. The van der Waals surface area contributed by atoms with Crippen molar-refractivity contribution in [3.05, 3.63) is 22.7 Å². The van der Waals surface area contributed by atoms with Gasteiger partial charge in [0.2, 0.25) is 0 Å². The summed E-state index contributed by atoms with van der Waals surface area (Å²) < 4.78 is 40.5. The van der Waals surface area contributed by atoms with E-state index in [1.54, 1.807) is 0 Å². The lowest BCUT2D eigenvalue weighted by atomic mass is 9.90. The maximum absolute atomic E-state index is 12.5. The topological polar surface area (TPSA) is 83.8 Å². The summed E-state index contributed by atoms with van der Waals surface area (Å²) in [7, 11) is -0.951. The quantitative estimate of drug-likeness (QED) is 0.859.